The van der Waals surface area contributed by atoms with Crippen molar-refractivity contribution >= 4 is 29.0 Å². The Kier molecular flexibility index (Phi) is 2.83. The van der Waals surface area contributed by atoms with E-state index in [2.05, 4.69) is 4.98 Å². The second-order valence-corrected chi connectivity index (χ2v) is 4.68. The molecule has 0 aliphatic carbocycles. The summed E-state index contributed by atoms with van der Waals surface area (Å²) in [5.41, 5.74) is 1.28. The van der Waals surface area contributed by atoms with Crippen LogP contribution in [0.25, 0.3) is 5.69 Å². The minimum absolute atomic E-state index is 0.0458. The number of ketones is 1. The molecule has 0 bridgehead atoms. The van der Waals surface area contributed by atoms with E-state index in [0.717, 1.165) is 0 Å². The molecule has 0 radical (unpaired) electrons. The predicted molar refractivity (Wildman–Crippen MR) is 70.6 cm³/mol. The lowest BCUT2D eigenvalue weighted by atomic mass is 10.2. The zero-order valence-electron chi connectivity index (χ0n) is 9.91. The zero-order chi connectivity index (χ0) is 13.4. The predicted octanol–water partition coefficient (Wildman–Crippen LogP) is 1.83. The fourth-order valence-electron chi connectivity index (χ4n) is 2.17. The van der Waals surface area contributed by atoms with Gasteiger partial charge in [0, 0.05) is 12.4 Å². The van der Waals surface area contributed by atoms with Crippen LogP contribution in [0.3, 0.4) is 0 Å². The van der Waals surface area contributed by atoms with Gasteiger partial charge in [-0.15, -0.1) is 0 Å². The molecule has 1 aliphatic rings. The molecule has 1 aromatic carbocycles. The Bertz CT molecular complexity index is 652. The van der Waals surface area contributed by atoms with Crippen molar-refractivity contribution in [2.24, 2.45) is 0 Å². The first-order valence-corrected chi connectivity index (χ1v) is 6.13. The number of Topliss-reactive ketones (excluding diaryl/α,β-unsaturated/α-hetero) is 1. The molecule has 5 nitrogen and oxygen atoms in total. The van der Waals surface area contributed by atoms with Crippen molar-refractivity contribution in [3.8, 4) is 5.69 Å². The van der Waals surface area contributed by atoms with Gasteiger partial charge >= 0.3 is 0 Å². The Hall–Kier alpha value is -2.14. The maximum atomic E-state index is 11.9. The van der Waals surface area contributed by atoms with Crippen LogP contribution in [-0.2, 0) is 9.59 Å². The van der Waals surface area contributed by atoms with Gasteiger partial charge in [0.1, 0.15) is 0 Å². The lowest BCUT2D eigenvalue weighted by Gasteiger charge is -2.20. The number of hydrogen-bond donors (Lipinski definition) is 0. The van der Waals surface area contributed by atoms with Gasteiger partial charge in [-0.2, -0.15) is 0 Å². The molecule has 1 aromatic heterocycles. The van der Waals surface area contributed by atoms with E-state index in [1.165, 1.54) is 4.90 Å². The topological polar surface area (TPSA) is 55.2 Å². The number of amides is 1. The maximum absolute atomic E-state index is 11.9. The summed E-state index contributed by atoms with van der Waals surface area (Å²) < 4.78 is 1.73. The van der Waals surface area contributed by atoms with E-state index in [9.17, 15) is 9.59 Å². The Morgan fingerprint density at radius 2 is 2.11 bits per heavy atom. The average molecular weight is 276 g/mol. The van der Waals surface area contributed by atoms with Crippen LogP contribution in [0.4, 0.5) is 5.69 Å². The Labute approximate surface area is 114 Å². The maximum Gasteiger partial charge on any atom is 0.234 e. The van der Waals surface area contributed by atoms with Crippen molar-refractivity contribution in [3.63, 3.8) is 0 Å². The molecule has 96 valence electrons. The number of benzene rings is 1. The van der Waals surface area contributed by atoms with Gasteiger partial charge in [0.2, 0.25) is 5.91 Å². The van der Waals surface area contributed by atoms with Crippen molar-refractivity contribution in [3.05, 3.63) is 41.9 Å². The number of imidazole rings is 1. The van der Waals surface area contributed by atoms with Crippen molar-refractivity contribution in [1.29, 1.82) is 0 Å². The highest BCUT2D eigenvalue weighted by molar-refractivity contribution is 6.33. The van der Waals surface area contributed by atoms with Crippen LogP contribution in [-0.4, -0.2) is 27.8 Å². The summed E-state index contributed by atoms with van der Waals surface area (Å²) in [6.07, 6.45) is 4.93. The van der Waals surface area contributed by atoms with Crippen LogP contribution in [0.2, 0.25) is 5.02 Å². The molecule has 0 N–H and O–H groups in total. The van der Waals surface area contributed by atoms with Crippen LogP contribution in [0, 0.1) is 0 Å². The van der Waals surface area contributed by atoms with Crippen molar-refractivity contribution < 1.29 is 9.59 Å². The van der Waals surface area contributed by atoms with E-state index < -0.39 is 0 Å². The standard InChI is InChI=1S/C13H10ClN3O2/c14-10-2-1-3-11(13(10)16-5-4-15-8-16)17-7-9(18)6-12(17)19/h1-5,8H,6-7H2. The number of aromatic nitrogens is 2. The number of rotatable bonds is 2. The van der Waals surface area contributed by atoms with E-state index in [1.807, 2.05) is 0 Å². The number of halogens is 1. The van der Waals surface area contributed by atoms with Gasteiger partial charge < -0.3 is 9.47 Å². The van der Waals surface area contributed by atoms with E-state index in [0.29, 0.717) is 16.4 Å². The van der Waals surface area contributed by atoms with Crippen LogP contribution in [0.5, 0.6) is 0 Å². The number of carbonyl (C=O) groups excluding carboxylic acids is 2. The summed E-state index contributed by atoms with van der Waals surface area (Å²) in [7, 11) is 0. The number of nitrogens with zero attached hydrogens (tertiary/aromatic N) is 3. The van der Waals surface area contributed by atoms with Gasteiger partial charge in [0.05, 0.1) is 35.7 Å². The number of para-hydroxylation sites is 1. The minimum atomic E-state index is -0.200. The Balaban J connectivity index is 2.14. The fraction of sp³-hybridized carbons (Fsp3) is 0.154. The van der Waals surface area contributed by atoms with Crippen molar-refractivity contribution in [1.82, 2.24) is 9.55 Å². The number of hydrogen-bond acceptors (Lipinski definition) is 3. The second-order valence-electron chi connectivity index (χ2n) is 4.27. The average Bonchev–Trinajstić information content (AvgIpc) is 2.98. The lowest BCUT2D eigenvalue weighted by Crippen LogP contribution is -2.25. The van der Waals surface area contributed by atoms with Crippen LogP contribution < -0.4 is 4.90 Å². The van der Waals surface area contributed by atoms with Crippen LogP contribution in [0.15, 0.2) is 36.9 Å². The molecule has 2 aromatic rings. The molecule has 1 aliphatic heterocycles. The lowest BCUT2D eigenvalue weighted by molar-refractivity contribution is -0.121. The summed E-state index contributed by atoms with van der Waals surface area (Å²) >= 11 is 6.21. The first kappa shape index (κ1) is 11.9. The van der Waals surface area contributed by atoms with E-state index >= 15 is 0 Å². The molecule has 2 heterocycles. The van der Waals surface area contributed by atoms with Crippen LogP contribution in [0.1, 0.15) is 6.42 Å². The Morgan fingerprint density at radius 3 is 2.74 bits per heavy atom. The van der Waals surface area contributed by atoms with Gasteiger partial charge in [-0.05, 0) is 12.1 Å². The highest BCUT2D eigenvalue weighted by Gasteiger charge is 2.30. The number of anilines is 1. The molecule has 0 unspecified atom stereocenters. The third-order valence-corrected chi connectivity index (χ3v) is 3.31. The normalized spacial score (nSPS) is 15.3. The minimum Gasteiger partial charge on any atom is -0.303 e. The first-order chi connectivity index (χ1) is 9.16. The SMILES string of the molecule is O=C1CC(=O)N(c2cccc(Cl)c2-n2ccnc2)C1. The zero-order valence-corrected chi connectivity index (χ0v) is 10.7. The molecule has 6 heteroatoms. The largest absolute Gasteiger partial charge is 0.303 e. The molecule has 0 atom stereocenters. The molecule has 1 fully saturated rings. The molecule has 1 saturated heterocycles. The highest BCUT2D eigenvalue weighted by Crippen LogP contribution is 2.32. The summed E-state index contributed by atoms with van der Waals surface area (Å²) in [6.45, 7) is 0.0981. The molecular weight excluding hydrogens is 266 g/mol. The van der Waals surface area contributed by atoms with Gasteiger partial charge in [0.15, 0.2) is 5.78 Å². The monoisotopic (exact) mass is 275 g/mol. The summed E-state index contributed by atoms with van der Waals surface area (Å²) in [5.74, 6) is -0.282. The van der Waals surface area contributed by atoms with Crippen LogP contribution >= 0.6 is 11.6 Å². The molecule has 0 saturated carbocycles. The Morgan fingerprint density at radius 1 is 1.26 bits per heavy atom. The quantitative estimate of drug-likeness (QED) is 0.786. The van der Waals surface area contributed by atoms with E-state index in [1.54, 1.807) is 41.5 Å². The van der Waals surface area contributed by atoms with Gasteiger partial charge in [-0.3, -0.25) is 9.59 Å². The van der Waals surface area contributed by atoms with Gasteiger partial charge in [-0.1, -0.05) is 17.7 Å². The summed E-state index contributed by atoms with van der Waals surface area (Å²) in [6, 6.07) is 5.27. The third-order valence-electron chi connectivity index (χ3n) is 3.00. The first-order valence-electron chi connectivity index (χ1n) is 5.76. The molecule has 0 spiro atoms. The van der Waals surface area contributed by atoms with E-state index in [4.69, 9.17) is 11.6 Å². The third kappa shape index (κ3) is 2.02. The second kappa shape index (κ2) is 4.51. The molecule has 1 amide bonds. The summed E-state index contributed by atoms with van der Waals surface area (Å²) in [4.78, 5) is 28.7. The van der Waals surface area contributed by atoms with Crippen molar-refractivity contribution in [2.75, 3.05) is 11.4 Å². The molecular formula is C13H10ClN3O2. The van der Waals surface area contributed by atoms with E-state index in [-0.39, 0.29) is 24.7 Å². The number of carbonyl (C=O) groups is 2. The fourth-order valence-corrected chi connectivity index (χ4v) is 2.44. The highest BCUT2D eigenvalue weighted by atomic mass is 35.5. The molecule has 3 rings (SSSR count). The molecule has 19 heavy (non-hydrogen) atoms. The van der Waals surface area contributed by atoms with Crippen molar-refractivity contribution in [2.45, 2.75) is 6.42 Å². The van der Waals surface area contributed by atoms with Gasteiger partial charge in [-0.25, -0.2) is 4.98 Å². The smallest absolute Gasteiger partial charge is 0.234 e. The van der Waals surface area contributed by atoms with Gasteiger partial charge in [0.25, 0.3) is 0 Å². The summed E-state index contributed by atoms with van der Waals surface area (Å²) in [5, 5.41) is 0.502.